The fraction of sp³-hybridized carbons (Fsp3) is 0.308. The molecule has 106 valence electrons. The zero-order valence-electron chi connectivity index (χ0n) is 11.0. The summed E-state index contributed by atoms with van der Waals surface area (Å²) in [6.45, 7) is 1.96. The van der Waals surface area contributed by atoms with Crippen LogP contribution in [0, 0.1) is 6.92 Å². The summed E-state index contributed by atoms with van der Waals surface area (Å²) in [6, 6.07) is 5.26. The summed E-state index contributed by atoms with van der Waals surface area (Å²) >= 11 is 1.42. The van der Waals surface area contributed by atoms with E-state index in [-0.39, 0.29) is 19.1 Å². The van der Waals surface area contributed by atoms with E-state index < -0.39 is 0 Å². The molecule has 0 fully saturated rings. The zero-order chi connectivity index (χ0) is 14.4. The SMILES string of the molecule is Cc1cc(CSc2ncccc2C(=O)NCCO)no1. The van der Waals surface area contributed by atoms with Crippen LogP contribution >= 0.6 is 11.8 Å². The molecule has 0 aliphatic heterocycles. The molecule has 0 aliphatic carbocycles. The van der Waals surface area contributed by atoms with Crippen molar-refractivity contribution in [2.45, 2.75) is 17.7 Å². The molecular weight excluding hydrogens is 278 g/mol. The molecule has 0 radical (unpaired) electrons. The van der Waals surface area contributed by atoms with E-state index in [4.69, 9.17) is 9.63 Å². The van der Waals surface area contributed by atoms with Gasteiger partial charge in [0.2, 0.25) is 0 Å². The second kappa shape index (κ2) is 7.06. The highest BCUT2D eigenvalue weighted by Crippen LogP contribution is 2.23. The van der Waals surface area contributed by atoms with Crippen molar-refractivity contribution in [3.63, 3.8) is 0 Å². The predicted octanol–water partition coefficient (Wildman–Crippen LogP) is 1.39. The highest BCUT2D eigenvalue weighted by atomic mass is 32.2. The Balaban J connectivity index is 2.05. The van der Waals surface area contributed by atoms with Crippen LogP contribution in [-0.4, -0.2) is 34.3 Å². The average Bonchev–Trinajstić information content (AvgIpc) is 2.88. The summed E-state index contributed by atoms with van der Waals surface area (Å²) in [5, 5.41) is 15.9. The predicted molar refractivity (Wildman–Crippen MR) is 74.5 cm³/mol. The highest BCUT2D eigenvalue weighted by molar-refractivity contribution is 7.98. The van der Waals surface area contributed by atoms with E-state index >= 15 is 0 Å². The standard InChI is InChI=1S/C13H15N3O3S/c1-9-7-10(16-19-9)8-20-13-11(3-2-4-15-13)12(18)14-5-6-17/h2-4,7,17H,5-6,8H2,1H3,(H,14,18). The Bertz CT molecular complexity index is 586. The topological polar surface area (TPSA) is 88.2 Å². The minimum absolute atomic E-state index is 0.0906. The second-order valence-electron chi connectivity index (χ2n) is 4.05. The molecule has 7 heteroatoms. The number of thioether (sulfide) groups is 1. The number of hydrogen-bond donors (Lipinski definition) is 2. The molecule has 0 unspecified atom stereocenters. The van der Waals surface area contributed by atoms with E-state index in [9.17, 15) is 4.79 Å². The molecule has 2 N–H and O–H groups in total. The van der Waals surface area contributed by atoms with Gasteiger partial charge in [-0.05, 0) is 19.1 Å². The Hall–Kier alpha value is -1.86. The number of nitrogens with one attached hydrogen (secondary N) is 1. The van der Waals surface area contributed by atoms with Gasteiger partial charge >= 0.3 is 0 Å². The molecule has 6 nitrogen and oxygen atoms in total. The van der Waals surface area contributed by atoms with Crippen molar-refractivity contribution in [1.29, 1.82) is 0 Å². The molecule has 20 heavy (non-hydrogen) atoms. The molecule has 0 spiro atoms. The molecular formula is C13H15N3O3S. The van der Waals surface area contributed by atoms with Gasteiger partial charge in [-0.2, -0.15) is 0 Å². The summed E-state index contributed by atoms with van der Waals surface area (Å²) in [5.41, 5.74) is 1.30. The van der Waals surface area contributed by atoms with Crippen LogP contribution in [0.2, 0.25) is 0 Å². The van der Waals surface area contributed by atoms with Crippen molar-refractivity contribution >= 4 is 17.7 Å². The number of carbonyl (C=O) groups is 1. The Labute approximate surface area is 120 Å². The molecule has 2 aromatic rings. The number of nitrogens with zero attached hydrogens (tertiary/aromatic N) is 2. The normalized spacial score (nSPS) is 10.5. The van der Waals surface area contributed by atoms with Crippen LogP contribution in [0.3, 0.4) is 0 Å². The Morgan fingerprint density at radius 2 is 2.40 bits per heavy atom. The maximum Gasteiger partial charge on any atom is 0.254 e. The first-order valence-electron chi connectivity index (χ1n) is 6.10. The lowest BCUT2D eigenvalue weighted by Crippen LogP contribution is -2.27. The van der Waals surface area contributed by atoms with Gasteiger partial charge in [-0.1, -0.05) is 16.9 Å². The maximum atomic E-state index is 11.9. The molecule has 2 rings (SSSR count). The van der Waals surface area contributed by atoms with Gasteiger partial charge < -0.3 is 14.9 Å². The van der Waals surface area contributed by atoms with Gasteiger partial charge in [0.05, 0.1) is 17.9 Å². The molecule has 1 amide bonds. The lowest BCUT2D eigenvalue weighted by atomic mass is 10.2. The second-order valence-corrected chi connectivity index (χ2v) is 5.02. The maximum absolute atomic E-state index is 11.9. The van der Waals surface area contributed by atoms with Crippen LogP contribution in [0.15, 0.2) is 33.9 Å². The summed E-state index contributed by atoms with van der Waals surface area (Å²) in [4.78, 5) is 16.1. The number of aryl methyl sites for hydroxylation is 1. The number of aromatic nitrogens is 2. The van der Waals surface area contributed by atoms with E-state index in [1.807, 2.05) is 13.0 Å². The summed E-state index contributed by atoms with van der Waals surface area (Å²) in [5.74, 6) is 1.09. The lowest BCUT2D eigenvalue weighted by molar-refractivity contribution is 0.0941. The third kappa shape index (κ3) is 3.82. The van der Waals surface area contributed by atoms with Gasteiger partial charge in [0, 0.05) is 24.6 Å². The molecule has 0 saturated carbocycles. The van der Waals surface area contributed by atoms with Crippen molar-refractivity contribution in [2.24, 2.45) is 0 Å². The van der Waals surface area contributed by atoms with E-state index in [0.717, 1.165) is 11.5 Å². The lowest BCUT2D eigenvalue weighted by Gasteiger charge is -2.07. The minimum Gasteiger partial charge on any atom is -0.395 e. The largest absolute Gasteiger partial charge is 0.395 e. The molecule has 0 bridgehead atoms. The third-order valence-corrected chi connectivity index (χ3v) is 3.49. The van der Waals surface area contributed by atoms with Crippen LogP contribution in [0.4, 0.5) is 0 Å². The number of amides is 1. The van der Waals surface area contributed by atoms with Crippen molar-refractivity contribution in [1.82, 2.24) is 15.5 Å². The smallest absolute Gasteiger partial charge is 0.254 e. The Morgan fingerprint density at radius 1 is 1.55 bits per heavy atom. The number of pyridine rings is 1. The fourth-order valence-electron chi connectivity index (χ4n) is 1.57. The van der Waals surface area contributed by atoms with Crippen molar-refractivity contribution in [3.8, 4) is 0 Å². The number of carbonyl (C=O) groups excluding carboxylic acids is 1. The monoisotopic (exact) mass is 293 g/mol. The van der Waals surface area contributed by atoms with Crippen LogP contribution < -0.4 is 5.32 Å². The molecule has 0 saturated heterocycles. The van der Waals surface area contributed by atoms with Gasteiger partial charge in [-0.25, -0.2) is 4.98 Å². The van der Waals surface area contributed by atoms with E-state index in [0.29, 0.717) is 16.3 Å². The highest BCUT2D eigenvalue weighted by Gasteiger charge is 2.13. The average molecular weight is 293 g/mol. The summed E-state index contributed by atoms with van der Waals surface area (Å²) in [6.07, 6.45) is 1.64. The van der Waals surface area contributed by atoms with Crippen molar-refractivity contribution in [3.05, 3.63) is 41.4 Å². The summed E-state index contributed by atoms with van der Waals surface area (Å²) in [7, 11) is 0. The van der Waals surface area contributed by atoms with Gasteiger partial charge in [-0.15, -0.1) is 0 Å². The Kier molecular flexibility index (Phi) is 5.14. The van der Waals surface area contributed by atoms with E-state index in [2.05, 4.69) is 15.5 Å². The van der Waals surface area contributed by atoms with E-state index in [1.54, 1.807) is 18.3 Å². The molecule has 2 heterocycles. The summed E-state index contributed by atoms with van der Waals surface area (Å²) < 4.78 is 4.99. The number of aliphatic hydroxyl groups is 1. The van der Waals surface area contributed by atoms with Crippen molar-refractivity contribution < 1.29 is 14.4 Å². The number of aliphatic hydroxyl groups excluding tert-OH is 1. The first-order chi connectivity index (χ1) is 9.70. The van der Waals surface area contributed by atoms with Crippen molar-refractivity contribution in [2.75, 3.05) is 13.2 Å². The zero-order valence-corrected chi connectivity index (χ0v) is 11.8. The first kappa shape index (κ1) is 14.5. The minimum atomic E-state index is -0.244. The quantitative estimate of drug-likeness (QED) is 0.783. The van der Waals surface area contributed by atoms with Crippen LogP contribution in [0.5, 0.6) is 0 Å². The van der Waals surface area contributed by atoms with Gasteiger partial charge in [0.25, 0.3) is 5.91 Å². The number of rotatable bonds is 6. The van der Waals surface area contributed by atoms with Crippen LogP contribution in [0.1, 0.15) is 21.8 Å². The first-order valence-corrected chi connectivity index (χ1v) is 7.08. The van der Waals surface area contributed by atoms with Gasteiger partial charge in [-0.3, -0.25) is 4.79 Å². The molecule has 0 atom stereocenters. The van der Waals surface area contributed by atoms with Crippen LogP contribution in [-0.2, 0) is 5.75 Å². The fourth-order valence-corrected chi connectivity index (χ4v) is 2.44. The molecule has 0 aliphatic rings. The molecule has 2 aromatic heterocycles. The third-order valence-electron chi connectivity index (χ3n) is 2.45. The van der Waals surface area contributed by atoms with Crippen LogP contribution in [0.25, 0.3) is 0 Å². The molecule has 0 aromatic carbocycles. The Morgan fingerprint density at radius 3 is 3.10 bits per heavy atom. The van der Waals surface area contributed by atoms with Gasteiger partial charge in [0.1, 0.15) is 10.8 Å². The van der Waals surface area contributed by atoms with Gasteiger partial charge in [0.15, 0.2) is 0 Å². The number of hydrogen-bond acceptors (Lipinski definition) is 6. The van der Waals surface area contributed by atoms with E-state index in [1.165, 1.54) is 11.8 Å².